The summed E-state index contributed by atoms with van der Waals surface area (Å²) in [7, 11) is 0. The highest BCUT2D eigenvalue weighted by atomic mass is 35.5. The van der Waals surface area contributed by atoms with Crippen molar-refractivity contribution in [3.63, 3.8) is 0 Å². The monoisotopic (exact) mass is 239 g/mol. The van der Waals surface area contributed by atoms with E-state index in [4.69, 9.17) is 17.3 Å². The van der Waals surface area contributed by atoms with Gasteiger partial charge in [-0.05, 0) is 30.4 Å². The van der Waals surface area contributed by atoms with Gasteiger partial charge in [0.25, 0.3) is 0 Å². The highest BCUT2D eigenvalue weighted by molar-refractivity contribution is 6.32. The Kier molecular flexibility index (Phi) is 5.30. The Morgan fingerprint density at radius 3 is 2.56 bits per heavy atom. The molecule has 1 unspecified atom stereocenters. The van der Waals surface area contributed by atoms with Crippen LogP contribution in [-0.4, -0.2) is 0 Å². The second-order valence-electron chi connectivity index (χ2n) is 4.91. The van der Waals surface area contributed by atoms with Gasteiger partial charge < -0.3 is 5.73 Å². The molecular formula is C14H22ClN. The first-order valence-corrected chi connectivity index (χ1v) is 6.40. The van der Waals surface area contributed by atoms with Crippen molar-refractivity contribution in [2.75, 3.05) is 0 Å². The minimum atomic E-state index is 0.0751. The van der Waals surface area contributed by atoms with Crippen molar-refractivity contribution in [3.8, 4) is 0 Å². The zero-order valence-electron chi connectivity index (χ0n) is 10.5. The predicted octanol–water partition coefficient (Wildman–Crippen LogP) is 4.47. The molecule has 16 heavy (non-hydrogen) atoms. The topological polar surface area (TPSA) is 26.0 Å². The van der Waals surface area contributed by atoms with Crippen LogP contribution in [0.2, 0.25) is 5.02 Å². The Balaban J connectivity index is 2.59. The predicted molar refractivity (Wildman–Crippen MR) is 71.8 cm³/mol. The zero-order valence-corrected chi connectivity index (χ0v) is 11.2. The first kappa shape index (κ1) is 13.5. The molecule has 0 saturated carbocycles. The summed E-state index contributed by atoms with van der Waals surface area (Å²) < 4.78 is 0. The highest BCUT2D eigenvalue weighted by Crippen LogP contribution is 2.27. The molecule has 1 rings (SSSR count). The molecule has 1 atom stereocenters. The van der Waals surface area contributed by atoms with Crippen LogP contribution in [0.4, 0.5) is 0 Å². The molecule has 0 aliphatic heterocycles. The van der Waals surface area contributed by atoms with Crippen LogP contribution < -0.4 is 5.73 Å². The summed E-state index contributed by atoms with van der Waals surface area (Å²) in [6.45, 7) is 6.50. The SMILES string of the molecule is Cc1cccc(C(N)CCCC(C)C)c1Cl. The fourth-order valence-corrected chi connectivity index (χ4v) is 2.12. The molecule has 2 heteroatoms. The van der Waals surface area contributed by atoms with E-state index < -0.39 is 0 Å². The molecule has 0 aliphatic rings. The molecule has 0 aliphatic carbocycles. The summed E-state index contributed by atoms with van der Waals surface area (Å²) in [4.78, 5) is 0. The third kappa shape index (κ3) is 3.80. The number of nitrogens with two attached hydrogens (primary N) is 1. The van der Waals surface area contributed by atoms with Crippen molar-refractivity contribution >= 4 is 11.6 Å². The fraction of sp³-hybridized carbons (Fsp3) is 0.571. The summed E-state index contributed by atoms with van der Waals surface area (Å²) in [6.07, 6.45) is 3.42. The van der Waals surface area contributed by atoms with Gasteiger partial charge in [-0.3, -0.25) is 0 Å². The van der Waals surface area contributed by atoms with Crippen LogP contribution in [0.25, 0.3) is 0 Å². The molecule has 1 nitrogen and oxygen atoms in total. The molecule has 1 aromatic carbocycles. The summed E-state index contributed by atoms with van der Waals surface area (Å²) in [6, 6.07) is 6.16. The number of rotatable bonds is 5. The molecule has 0 heterocycles. The molecular weight excluding hydrogens is 218 g/mol. The van der Waals surface area contributed by atoms with E-state index >= 15 is 0 Å². The van der Waals surface area contributed by atoms with Crippen LogP contribution in [0.1, 0.15) is 50.3 Å². The van der Waals surface area contributed by atoms with Gasteiger partial charge in [-0.2, -0.15) is 0 Å². The van der Waals surface area contributed by atoms with E-state index in [1.165, 1.54) is 12.8 Å². The summed E-state index contributed by atoms with van der Waals surface area (Å²) >= 11 is 6.25. The molecule has 0 amide bonds. The molecule has 0 saturated heterocycles. The second kappa shape index (κ2) is 6.27. The van der Waals surface area contributed by atoms with E-state index in [0.717, 1.165) is 28.5 Å². The molecule has 0 fully saturated rings. The second-order valence-corrected chi connectivity index (χ2v) is 5.29. The van der Waals surface area contributed by atoms with E-state index in [-0.39, 0.29) is 6.04 Å². The van der Waals surface area contributed by atoms with Crippen LogP contribution >= 0.6 is 11.6 Å². The minimum absolute atomic E-state index is 0.0751. The maximum Gasteiger partial charge on any atom is 0.0482 e. The number of hydrogen-bond donors (Lipinski definition) is 1. The summed E-state index contributed by atoms with van der Waals surface area (Å²) in [5, 5.41) is 0.833. The molecule has 0 radical (unpaired) electrons. The van der Waals surface area contributed by atoms with Gasteiger partial charge in [0.05, 0.1) is 0 Å². The van der Waals surface area contributed by atoms with Crippen LogP contribution in [-0.2, 0) is 0 Å². The number of aryl methyl sites for hydroxylation is 1. The summed E-state index contributed by atoms with van der Waals surface area (Å²) in [5.41, 5.74) is 8.36. The average Bonchev–Trinajstić information content (AvgIpc) is 2.21. The smallest absolute Gasteiger partial charge is 0.0482 e. The lowest BCUT2D eigenvalue weighted by atomic mass is 9.97. The Labute approximate surface area is 104 Å². The highest BCUT2D eigenvalue weighted by Gasteiger charge is 2.11. The van der Waals surface area contributed by atoms with Gasteiger partial charge in [0.1, 0.15) is 0 Å². The third-order valence-electron chi connectivity index (χ3n) is 2.92. The lowest BCUT2D eigenvalue weighted by Gasteiger charge is -2.15. The van der Waals surface area contributed by atoms with Gasteiger partial charge in [0.15, 0.2) is 0 Å². The van der Waals surface area contributed by atoms with Crippen molar-refractivity contribution in [2.24, 2.45) is 11.7 Å². The van der Waals surface area contributed by atoms with Crippen molar-refractivity contribution in [3.05, 3.63) is 34.3 Å². The Morgan fingerprint density at radius 1 is 1.25 bits per heavy atom. The molecule has 0 spiro atoms. The average molecular weight is 240 g/mol. The first-order chi connectivity index (χ1) is 7.52. The van der Waals surface area contributed by atoms with Crippen molar-refractivity contribution in [1.29, 1.82) is 0 Å². The maximum atomic E-state index is 6.25. The Morgan fingerprint density at radius 2 is 1.94 bits per heavy atom. The van der Waals surface area contributed by atoms with Crippen LogP contribution in [0, 0.1) is 12.8 Å². The van der Waals surface area contributed by atoms with Crippen molar-refractivity contribution < 1.29 is 0 Å². The number of hydrogen-bond acceptors (Lipinski definition) is 1. The number of halogens is 1. The van der Waals surface area contributed by atoms with Crippen LogP contribution in [0.15, 0.2) is 18.2 Å². The van der Waals surface area contributed by atoms with Crippen molar-refractivity contribution in [1.82, 2.24) is 0 Å². The zero-order chi connectivity index (χ0) is 12.1. The van der Waals surface area contributed by atoms with E-state index in [9.17, 15) is 0 Å². The largest absolute Gasteiger partial charge is 0.324 e. The lowest BCUT2D eigenvalue weighted by Crippen LogP contribution is -2.11. The van der Waals surface area contributed by atoms with Crippen LogP contribution in [0.3, 0.4) is 0 Å². The quantitative estimate of drug-likeness (QED) is 0.806. The molecule has 2 N–H and O–H groups in total. The summed E-state index contributed by atoms with van der Waals surface area (Å²) in [5.74, 6) is 0.750. The van der Waals surface area contributed by atoms with E-state index in [2.05, 4.69) is 13.8 Å². The third-order valence-corrected chi connectivity index (χ3v) is 3.43. The molecule has 90 valence electrons. The lowest BCUT2D eigenvalue weighted by molar-refractivity contribution is 0.505. The van der Waals surface area contributed by atoms with Gasteiger partial charge in [0.2, 0.25) is 0 Å². The normalized spacial score (nSPS) is 13.1. The van der Waals surface area contributed by atoms with E-state index in [1.54, 1.807) is 0 Å². The fourth-order valence-electron chi connectivity index (χ4n) is 1.86. The molecule has 0 aromatic heterocycles. The van der Waals surface area contributed by atoms with Gasteiger partial charge in [-0.25, -0.2) is 0 Å². The van der Waals surface area contributed by atoms with E-state index in [0.29, 0.717) is 0 Å². The Hall–Kier alpha value is -0.530. The Bertz CT molecular complexity index is 334. The van der Waals surface area contributed by atoms with Gasteiger partial charge >= 0.3 is 0 Å². The van der Waals surface area contributed by atoms with Crippen molar-refractivity contribution in [2.45, 2.75) is 46.1 Å². The standard InChI is InChI=1S/C14H22ClN/c1-10(2)6-4-9-13(16)12-8-5-7-11(3)14(12)15/h5,7-8,10,13H,4,6,9,16H2,1-3H3. The minimum Gasteiger partial charge on any atom is -0.324 e. The van der Waals surface area contributed by atoms with Gasteiger partial charge in [-0.1, -0.05) is 56.5 Å². The molecule has 1 aromatic rings. The van der Waals surface area contributed by atoms with Gasteiger partial charge in [-0.15, -0.1) is 0 Å². The number of benzene rings is 1. The molecule has 0 bridgehead atoms. The van der Waals surface area contributed by atoms with Gasteiger partial charge in [0, 0.05) is 11.1 Å². The van der Waals surface area contributed by atoms with E-state index in [1.807, 2.05) is 25.1 Å². The van der Waals surface area contributed by atoms with Crippen LogP contribution in [0.5, 0.6) is 0 Å². The first-order valence-electron chi connectivity index (χ1n) is 6.03. The maximum absolute atomic E-state index is 6.25.